The number of ether oxygens (including phenoxy) is 1. The summed E-state index contributed by atoms with van der Waals surface area (Å²) in [6, 6.07) is 4.93. The molecule has 1 aliphatic carbocycles. The van der Waals surface area contributed by atoms with E-state index in [1.54, 1.807) is 25.1 Å². The van der Waals surface area contributed by atoms with Gasteiger partial charge in [-0.2, -0.15) is 0 Å². The fraction of sp³-hybridized carbons (Fsp3) is 0.571. The van der Waals surface area contributed by atoms with E-state index in [9.17, 15) is 15.2 Å². The summed E-state index contributed by atoms with van der Waals surface area (Å²) >= 11 is 0. The van der Waals surface area contributed by atoms with Gasteiger partial charge in [0.15, 0.2) is 5.75 Å². The molecule has 6 heteroatoms. The van der Waals surface area contributed by atoms with Crippen molar-refractivity contribution in [3.63, 3.8) is 0 Å². The first-order valence-corrected chi connectivity index (χ1v) is 6.92. The minimum atomic E-state index is -0.754. The first-order chi connectivity index (χ1) is 9.56. The molecule has 6 nitrogen and oxygen atoms in total. The van der Waals surface area contributed by atoms with Crippen LogP contribution in [0.2, 0.25) is 0 Å². The highest BCUT2D eigenvalue weighted by molar-refractivity contribution is 5.68. The van der Waals surface area contributed by atoms with Crippen molar-refractivity contribution in [1.29, 1.82) is 0 Å². The summed E-state index contributed by atoms with van der Waals surface area (Å²) in [6.45, 7) is 2.47. The van der Waals surface area contributed by atoms with Crippen LogP contribution in [0.1, 0.15) is 32.6 Å². The quantitative estimate of drug-likeness (QED) is 0.618. The second-order valence-corrected chi connectivity index (χ2v) is 5.13. The molecule has 1 aromatic rings. The second-order valence-electron chi connectivity index (χ2n) is 5.13. The zero-order valence-corrected chi connectivity index (χ0v) is 11.6. The van der Waals surface area contributed by atoms with Gasteiger partial charge in [-0.05, 0) is 31.9 Å². The molecule has 0 radical (unpaired) electrons. The summed E-state index contributed by atoms with van der Waals surface area (Å²) in [5, 5.41) is 24.5. The Kier molecular flexibility index (Phi) is 4.44. The zero-order chi connectivity index (χ0) is 14.6. The van der Waals surface area contributed by atoms with Crippen molar-refractivity contribution >= 4 is 11.4 Å². The van der Waals surface area contributed by atoms with Crippen LogP contribution < -0.4 is 10.1 Å². The number of nitrogens with zero attached hydrogens (tertiary/aromatic N) is 1. The number of hydrogen-bond donors (Lipinski definition) is 2. The van der Waals surface area contributed by atoms with E-state index in [0.29, 0.717) is 18.8 Å². The number of rotatable bonds is 6. The average Bonchev–Trinajstić information content (AvgIpc) is 2.84. The lowest BCUT2D eigenvalue weighted by Crippen LogP contribution is -2.33. The fourth-order valence-corrected chi connectivity index (χ4v) is 2.59. The molecule has 20 heavy (non-hydrogen) atoms. The third-order valence-corrected chi connectivity index (χ3v) is 3.62. The number of anilines is 1. The number of nitrogens with one attached hydrogen (secondary N) is 1. The van der Waals surface area contributed by atoms with Crippen LogP contribution in [-0.2, 0) is 0 Å². The van der Waals surface area contributed by atoms with Crippen LogP contribution in [0.5, 0.6) is 5.75 Å². The van der Waals surface area contributed by atoms with Gasteiger partial charge in [-0.1, -0.05) is 18.9 Å². The average molecular weight is 280 g/mol. The lowest BCUT2D eigenvalue weighted by Gasteiger charge is -2.23. The van der Waals surface area contributed by atoms with Crippen LogP contribution >= 0.6 is 0 Å². The molecule has 0 spiro atoms. The highest BCUT2D eigenvalue weighted by atomic mass is 16.6. The maximum absolute atomic E-state index is 11.2. The van der Waals surface area contributed by atoms with E-state index in [0.717, 1.165) is 25.7 Å². The molecule has 0 atom stereocenters. The number of benzene rings is 1. The van der Waals surface area contributed by atoms with E-state index in [1.807, 2.05) is 0 Å². The fourth-order valence-electron chi connectivity index (χ4n) is 2.59. The van der Waals surface area contributed by atoms with Gasteiger partial charge >= 0.3 is 5.69 Å². The van der Waals surface area contributed by atoms with Crippen LogP contribution in [0.15, 0.2) is 18.2 Å². The van der Waals surface area contributed by atoms with Crippen LogP contribution in [-0.4, -0.2) is 28.8 Å². The lowest BCUT2D eigenvalue weighted by atomic mass is 10.0. The number of hydrogen-bond acceptors (Lipinski definition) is 5. The molecule has 0 aromatic heterocycles. The summed E-state index contributed by atoms with van der Waals surface area (Å²) in [6.07, 6.45) is 3.47. The van der Waals surface area contributed by atoms with Gasteiger partial charge in [0.25, 0.3) is 0 Å². The van der Waals surface area contributed by atoms with Gasteiger partial charge in [0, 0.05) is 6.54 Å². The molecular weight excluding hydrogens is 260 g/mol. The highest BCUT2D eigenvalue weighted by Gasteiger charge is 2.32. The normalized spacial score (nSPS) is 16.9. The van der Waals surface area contributed by atoms with Gasteiger partial charge in [0.05, 0.1) is 17.1 Å². The van der Waals surface area contributed by atoms with E-state index in [1.165, 1.54) is 0 Å². The van der Waals surface area contributed by atoms with Crippen LogP contribution in [0.4, 0.5) is 11.4 Å². The summed E-state index contributed by atoms with van der Waals surface area (Å²) < 4.78 is 5.29. The molecule has 0 heterocycles. The maximum atomic E-state index is 11.2. The zero-order valence-electron chi connectivity index (χ0n) is 11.6. The molecule has 1 aromatic carbocycles. The van der Waals surface area contributed by atoms with Gasteiger partial charge in [0.1, 0.15) is 5.69 Å². The predicted molar refractivity (Wildman–Crippen MR) is 76.2 cm³/mol. The summed E-state index contributed by atoms with van der Waals surface area (Å²) in [7, 11) is 0. The Hall–Kier alpha value is -1.82. The SMILES string of the molecule is CCOc1cccc(NCC2(O)CCCC2)c1[N+](=O)[O-]. The van der Waals surface area contributed by atoms with Gasteiger partial charge < -0.3 is 15.2 Å². The molecule has 0 unspecified atom stereocenters. The molecule has 0 bridgehead atoms. The van der Waals surface area contributed by atoms with Crippen LogP contribution in [0.3, 0.4) is 0 Å². The Morgan fingerprint density at radius 1 is 1.45 bits per heavy atom. The van der Waals surface area contributed by atoms with Gasteiger partial charge in [-0.15, -0.1) is 0 Å². The van der Waals surface area contributed by atoms with Crippen molar-refractivity contribution in [3.05, 3.63) is 28.3 Å². The number of para-hydroxylation sites is 1. The Morgan fingerprint density at radius 3 is 2.75 bits per heavy atom. The molecule has 0 aliphatic heterocycles. The summed E-state index contributed by atoms with van der Waals surface area (Å²) in [5.41, 5.74) is -0.438. The van der Waals surface area contributed by atoms with E-state index < -0.39 is 10.5 Å². The molecule has 2 N–H and O–H groups in total. The molecule has 110 valence electrons. The molecule has 0 amide bonds. The lowest BCUT2D eigenvalue weighted by molar-refractivity contribution is -0.384. The third kappa shape index (κ3) is 3.19. The first-order valence-electron chi connectivity index (χ1n) is 6.92. The van der Waals surface area contributed by atoms with E-state index in [2.05, 4.69) is 5.32 Å². The number of aliphatic hydroxyl groups is 1. The van der Waals surface area contributed by atoms with Crippen LogP contribution in [0.25, 0.3) is 0 Å². The predicted octanol–water partition coefficient (Wildman–Crippen LogP) is 2.71. The highest BCUT2D eigenvalue weighted by Crippen LogP contribution is 2.36. The van der Waals surface area contributed by atoms with Crippen molar-refractivity contribution in [1.82, 2.24) is 0 Å². The van der Waals surface area contributed by atoms with Gasteiger partial charge in [-0.25, -0.2) is 0 Å². The standard InChI is InChI=1S/C14H20N2O4/c1-2-20-12-7-5-6-11(13(12)16(18)19)15-10-14(17)8-3-4-9-14/h5-7,15,17H,2-4,8-10H2,1H3. The number of nitro groups is 1. The molecule has 2 rings (SSSR count). The van der Waals surface area contributed by atoms with E-state index in [4.69, 9.17) is 4.74 Å². The van der Waals surface area contributed by atoms with Crippen molar-refractivity contribution in [2.24, 2.45) is 0 Å². The minimum absolute atomic E-state index is 0.0732. The molecule has 1 saturated carbocycles. The molecule has 1 aliphatic rings. The number of nitro benzene ring substituents is 1. The molecule has 1 fully saturated rings. The van der Waals surface area contributed by atoms with Crippen LogP contribution in [0, 0.1) is 10.1 Å². The molecule has 0 saturated heterocycles. The second kappa shape index (κ2) is 6.09. The largest absolute Gasteiger partial charge is 0.487 e. The van der Waals surface area contributed by atoms with Crippen molar-refractivity contribution in [2.75, 3.05) is 18.5 Å². The van der Waals surface area contributed by atoms with E-state index >= 15 is 0 Å². The maximum Gasteiger partial charge on any atom is 0.333 e. The monoisotopic (exact) mass is 280 g/mol. The summed E-state index contributed by atoms with van der Waals surface area (Å²) in [4.78, 5) is 10.8. The van der Waals surface area contributed by atoms with Gasteiger partial charge in [-0.3, -0.25) is 10.1 Å². The third-order valence-electron chi connectivity index (χ3n) is 3.62. The Morgan fingerprint density at radius 2 is 2.15 bits per heavy atom. The Bertz CT molecular complexity index is 484. The van der Waals surface area contributed by atoms with E-state index in [-0.39, 0.29) is 11.4 Å². The van der Waals surface area contributed by atoms with Crippen molar-refractivity contribution in [3.8, 4) is 5.75 Å². The first kappa shape index (κ1) is 14.6. The molecular formula is C14H20N2O4. The van der Waals surface area contributed by atoms with Gasteiger partial charge in [0.2, 0.25) is 0 Å². The minimum Gasteiger partial charge on any atom is -0.487 e. The Labute approximate surface area is 117 Å². The Balaban J connectivity index is 2.18. The van der Waals surface area contributed by atoms with Crippen molar-refractivity contribution < 1.29 is 14.8 Å². The topological polar surface area (TPSA) is 84.6 Å². The smallest absolute Gasteiger partial charge is 0.333 e. The van der Waals surface area contributed by atoms with Crippen molar-refractivity contribution in [2.45, 2.75) is 38.2 Å². The summed E-state index contributed by atoms with van der Waals surface area (Å²) in [5.74, 6) is 0.251.